The molecule has 0 saturated carbocycles. The molecular formula is C49H42Cl2F2Zr-2. The van der Waals surface area contributed by atoms with Gasteiger partial charge in [0.1, 0.15) is 11.6 Å². The summed E-state index contributed by atoms with van der Waals surface area (Å²) in [5.74, 6) is -0.162. The van der Waals surface area contributed by atoms with Crippen LogP contribution in [0.1, 0.15) is 70.2 Å². The summed E-state index contributed by atoms with van der Waals surface area (Å²) in [6.07, 6.45) is 18.8. The number of benzene rings is 4. The Bertz CT molecular complexity index is 2080. The van der Waals surface area contributed by atoms with Crippen molar-refractivity contribution in [1.82, 2.24) is 0 Å². The van der Waals surface area contributed by atoms with Crippen LogP contribution in [-0.4, -0.2) is 4.21 Å². The van der Waals surface area contributed by atoms with Gasteiger partial charge in [0.05, 0.1) is 0 Å². The van der Waals surface area contributed by atoms with Crippen molar-refractivity contribution in [2.45, 2.75) is 38.5 Å². The number of rotatable bonds is 6. The average Bonchev–Trinajstić information content (AvgIpc) is 3.67. The van der Waals surface area contributed by atoms with Crippen LogP contribution in [-0.2, 0) is 37.1 Å². The Morgan fingerprint density at radius 1 is 0.537 bits per heavy atom. The van der Waals surface area contributed by atoms with Crippen LogP contribution in [0, 0.1) is 11.6 Å². The normalized spacial score (nSPS) is 14.8. The van der Waals surface area contributed by atoms with Crippen molar-refractivity contribution < 1.29 is 57.8 Å². The van der Waals surface area contributed by atoms with E-state index in [1.54, 1.807) is 12.1 Å². The van der Waals surface area contributed by atoms with Gasteiger partial charge >= 0.3 is 28.4 Å². The molecule has 0 amide bonds. The van der Waals surface area contributed by atoms with Crippen molar-refractivity contribution in [1.29, 1.82) is 0 Å². The minimum atomic E-state index is -0.168. The van der Waals surface area contributed by atoms with Crippen molar-refractivity contribution in [3.8, 4) is 22.3 Å². The summed E-state index contributed by atoms with van der Waals surface area (Å²) < 4.78 is 32.9. The number of allylic oxidation sites excluding steroid dienone is 6. The minimum Gasteiger partial charge on any atom is -1.00 e. The maximum atomic E-state index is 14.8. The first-order valence-corrected chi connectivity index (χ1v) is 19.6. The second-order valence-electron chi connectivity index (χ2n) is 12.9. The smallest absolute Gasteiger partial charge is 1.00 e. The predicted molar refractivity (Wildman–Crippen MR) is 214 cm³/mol. The van der Waals surface area contributed by atoms with Gasteiger partial charge in [-0.25, -0.2) is 8.78 Å². The Morgan fingerprint density at radius 2 is 0.926 bits per heavy atom. The fourth-order valence-electron chi connectivity index (χ4n) is 7.06. The molecule has 0 bridgehead atoms. The molecule has 0 aliphatic heterocycles. The van der Waals surface area contributed by atoms with Crippen LogP contribution in [0.4, 0.5) is 8.78 Å². The van der Waals surface area contributed by atoms with E-state index in [1.165, 1.54) is 57.6 Å². The maximum absolute atomic E-state index is 14.8. The van der Waals surface area contributed by atoms with Crippen molar-refractivity contribution in [2.75, 3.05) is 0 Å². The van der Waals surface area contributed by atoms with E-state index in [1.807, 2.05) is 84.9 Å². The molecule has 0 nitrogen and oxygen atoms in total. The third-order valence-electron chi connectivity index (χ3n) is 9.77. The van der Waals surface area contributed by atoms with E-state index in [9.17, 15) is 8.78 Å². The van der Waals surface area contributed by atoms with Gasteiger partial charge in [-0.3, -0.25) is 0 Å². The Labute approximate surface area is 346 Å². The van der Waals surface area contributed by atoms with E-state index in [2.05, 4.69) is 90.9 Å². The average molecular weight is 831 g/mol. The molecule has 54 heavy (non-hydrogen) atoms. The molecule has 0 radical (unpaired) electrons. The van der Waals surface area contributed by atoms with Gasteiger partial charge in [-0.15, -0.1) is 47.6 Å². The third-order valence-corrected chi connectivity index (χ3v) is 9.77. The third kappa shape index (κ3) is 9.69. The molecule has 6 aromatic carbocycles. The van der Waals surface area contributed by atoms with Crippen LogP contribution in [0.5, 0.6) is 0 Å². The van der Waals surface area contributed by atoms with E-state index in [4.69, 9.17) is 0 Å². The van der Waals surface area contributed by atoms with Gasteiger partial charge in [-0.05, 0) is 59.1 Å². The van der Waals surface area contributed by atoms with E-state index < -0.39 is 0 Å². The molecule has 2 aliphatic carbocycles. The first-order valence-electron chi connectivity index (χ1n) is 17.9. The van der Waals surface area contributed by atoms with Crippen molar-refractivity contribution >= 4 is 16.4 Å². The fraction of sp³-hybridized carbons (Fsp3) is 0.122. The summed E-state index contributed by atoms with van der Waals surface area (Å²) in [4.78, 5) is 0. The van der Waals surface area contributed by atoms with Crippen LogP contribution in [0.25, 0.3) is 34.4 Å². The van der Waals surface area contributed by atoms with Crippen molar-refractivity contribution in [3.05, 3.63) is 214 Å². The van der Waals surface area contributed by atoms with Gasteiger partial charge in [-0.1, -0.05) is 123 Å². The summed E-state index contributed by atoms with van der Waals surface area (Å²) in [7, 11) is 0. The zero-order valence-corrected chi connectivity index (χ0v) is 34.4. The van der Waals surface area contributed by atoms with Gasteiger partial charge in [0.2, 0.25) is 0 Å². The molecule has 0 N–H and O–H groups in total. The largest absolute Gasteiger partial charge is 1.00 e. The van der Waals surface area contributed by atoms with Crippen LogP contribution in [0.2, 0.25) is 0 Å². The number of aryl methyl sites for hydroxylation is 2. The van der Waals surface area contributed by atoms with E-state index in [0.29, 0.717) is 11.1 Å². The molecule has 6 aromatic rings. The van der Waals surface area contributed by atoms with Crippen LogP contribution in [0.3, 0.4) is 0 Å². The first kappa shape index (κ1) is 42.5. The number of hydrogen-bond acceptors (Lipinski definition) is 0. The molecule has 0 spiro atoms. The molecule has 0 heterocycles. The fourth-order valence-corrected chi connectivity index (χ4v) is 7.06. The standard InChI is InChI=1S/2C24H20F.CH2.2ClH.Zr/c2*1-2-17-14-19-10-6-7-11-21(23(19)15-17)20-12-13-22(24(25)16-20)18-8-4-3-5-9-18;;;;/h2*3-16,21H,2H2,1H3;1H2;2*1H;/q2*-1;;;;+2/p-2. The molecule has 272 valence electrons. The van der Waals surface area contributed by atoms with Gasteiger partial charge < -0.3 is 24.8 Å². The van der Waals surface area contributed by atoms with Crippen LogP contribution >= 0.6 is 0 Å². The van der Waals surface area contributed by atoms with E-state index in [-0.39, 0.29) is 48.3 Å². The number of fused-ring (bicyclic) bond motifs is 2. The van der Waals surface area contributed by atoms with E-state index in [0.717, 1.165) is 35.1 Å². The van der Waals surface area contributed by atoms with Gasteiger partial charge in [0, 0.05) is 11.1 Å². The molecule has 8 rings (SSSR count). The molecule has 2 unspecified atom stereocenters. The predicted octanol–water partition coefficient (Wildman–Crippen LogP) is 6.95. The summed E-state index contributed by atoms with van der Waals surface area (Å²) in [6, 6.07) is 39.6. The summed E-state index contributed by atoms with van der Waals surface area (Å²) in [5, 5.41) is 0. The quantitative estimate of drug-likeness (QED) is 0.160. The molecular weight excluding hydrogens is 789 g/mol. The number of halogens is 4. The molecule has 0 aromatic heterocycles. The van der Waals surface area contributed by atoms with Crippen LogP contribution in [0.15, 0.2) is 158 Å². The van der Waals surface area contributed by atoms with Crippen molar-refractivity contribution in [3.63, 3.8) is 0 Å². The van der Waals surface area contributed by atoms with E-state index >= 15 is 0 Å². The van der Waals surface area contributed by atoms with Gasteiger partial charge in [-0.2, -0.15) is 34.4 Å². The monoisotopic (exact) mass is 828 g/mol. The Morgan fingerprint density at radius 3 is 1.28 bits per heavy atom. The zero-order chi connectivity index (χ0) is 36.5. The molecule has 0 saturated heterocycles. The summed E-state index contributed by atoms with van der Waals surface area (Å²) >= 11 is 1.30. The van der Waals surface area contributed by atoms with Crippen LogP contribution < -0.4 is 24.8 Å². The molecule has 2 aliphatic rings. The maximum Gasteiger partial charge on any atom is -1.00 e. The zero-order valence-electron chi connectivity index (χ0n) is 30.5. The summed E-state index contributed by atoms with van der Waals surface area (Å²) in [5.41, 5.74) is 12.8. The Kier molecular flexibility index (Phi) is 16.1. The molecule has 0 fully saturated rings. The minimum absolute atomic E-state index is 0. The Balaban J connectivity index is 0.000000222. The second-order valence-corrected chi connectivity index (χ2v) is 12.9. The van der Waals surface area contributed by atoms with Crippen molar-refractivity contribution in [2.24, 2.45) is 0 Å². The Hall–Kier alpha value is -4.27. The number of hydrogen-bond donors (Lipinski definition) is 0. The second kappa shape index (κ2) is 20.4. The molecule has 2 atom stereocenters. The topological polar surface area (TPSA) is 0 Å². The molecule has 5 heteroatoms. The van der Waals surface area contributed by atoms with Gasteiger partial charge in [0.15, 0.2) is 0 Å². The van der Waals surface area contributed by atoms with Gasteiger partial charge in [0.25, 0.3) is 0 Å². The summed E-state index contributed by atoms with van der Waals surface area (Å²) in [6.45, 7) is 4.33. The SMILES string of the molecule is CCc1cc2c([cH-]1)C=CC=CC2c1ccc(-c2ccccc2)c(F)c1.CCc1cc2c([cH-]1)C=CC=CC2c1ccc(-c2ccccc2)c(F)c1.[CH2]=[Zr+2].[Cl-].[Cl-]. The first-order chi connectivity index (χ1) is 25.5.